The molecule has 0 amide bonds. The van der Waals surface area contributed by atoms with E-state index in [-0.39, 0.29) is 6.04 Å². The summed E-state index contributed by atoms with van der Waals surface area (Å²) >= 11 is 0. The van der Waals surface area contributed by atoms with Crippen molar-refractivity contribution in [3.63, 3.8) is 0 Å². The second kappa shape index (κ2) is 4.49. The minimum absolute atomic E-state index is 0.226. The van der Waals surface area contributed by atoms with Crippen LogP contribution < -0.4 is 5.32 Å². The minimum Gasteiger partial charge on any atom is -0.308 e. The van der Waals surface area contributed by atoms with Crippen LogP contribution >= 0.6 is 0 Å². The molecule has 1 aromatic heterocycles. The average molecular weight is 223 g/mol. The van der Waals surface area contributed by atoms with Gasteiger partial charge in [0.2, 0.25) is 0 Å². The van der Waals surface area contributed by atoms with Crippen molar-refractivity contribution in [2.75, 3.05) is 6.54 Å². The van der Waals surface area contributed by atoms with Crippen LogP contribution in [0.25, 0.3) is 0 Å². The molecule has 1 aliphatic rings. The first kappa shape index (κ1) is 11.5. The number of aromatic nitrogens is 4. The lowest BCUT2D eigenvalue weighted by molar-refractivity contribution is 0.122. The third-order valence-corrected chi connectivity index (χ3v) is 3.55. The molecule has 1 heterocycles. The monoisotopic (exact) mass is 223 g/mol. The summed E-state index contributed by atoms with van der Waals surface area (Å²) in [5, 5.41) is 15.4. The number of tetrazole rings is 1. The molecule has 0 aromatic carbocycles. The van der Waals surface area contributed by atoms with Gasteiger partial charge in [-0.1, -0.05) is 20.3 Å². The topological polar surface area (TPSA) is 55.6 Å². The summed E-state index contributed by atoms with van der Waals surface area (Å²) in [5.74, 6) is 0.954. The van der Waals surface area contributed by atoms with Crippen molar-refractivity contribution in [2.24, 2.45) is 5.41 Å². The van der Waals surface area contributed by atoms with Crippen molar-refractivity contribution in [1.29, 1.82) is 0 Å². The van der Waals surface area contributed by atoms with Gasteiger partial charge in [0, 0.05) is 0 Å². The van der Waals surface area contributed by atoms with Gasteiger partial charge < -0.3 is 5.32 Å². The maximum atomic E-state index is 4.12. The van der Waals surface area contributed by atoms with E-state index >= 15 is 0 Å². The van der Waals surface area contributed by atoms with Gasteiger partial charge in [0.15, 0.2) is 5.82 Å². The van der Waals surface area contributed by atoms with E-state index in [4.69, 9.17) is 0 Å². The first-order valence-corrected chi connectivity index (χ1v) is 6.14. The van der Waals surface area contributed by atoms with Gasteiger partial charge in [0.05, 0.1) is 12.6 Å². The zero-order valence-electron chi connectivity index (χ0n) is 10.4. The molecule has 1 unspecified atom stereocenters. The van der Waals surface area contributed by atoms with Crippen molar-refractivity contribution in [3.8, 4) is 0 Å². The van der Waals surface area contributed by atoms with Crippen LogP contribution in [-0.4, -0.2) is 26.8 Å². The maximum absolute atomic E-state index is 4.12. The predicted octanol–water partition coefficient (Wildman–Crippen LogP) is 1.53. The molecule has 0 saturated heterocycles. The van der Waals surface area contributed by atoms with E-state index in [0.29, 0.717) is 5.41 Å². The van der Waals surface area contributed by atoms with Crippen LogP contribution in [0, 0.1) is 5.41 Å². The quantitative estimate of drug-likeness (QED) is 0.822. The highest BCUT2D eigenvalue weighted by Gasteiger charge is 2.33. The van der Waals surface area contributed by atoms with Crippen LogP contribution in [0.3, 0.4) is 0 Å². The Kier molecular flexibility index (Phi) is 3.23. The molecule has 0 bridgehead atoms. The maximum Gasteiger partial charge on any atom is 0.167 e. The molecule has 1 aliphatic carbocycles. The minimum atomic E-state index is 0.226. The van der Waals surface area contributed by atoms with Crippen molar-refractivity contribution in [3.05, 3.63) is 5.82 Å². The normalized spacial score (nSPS) is 20.4. The van der Waals surface area contributed by atoms with Gasteiger partial charge in [-0.15, -0.1) is 5.10 Å². The highest BCUT2D eigenvalue weighted by molar-refractivity contribution is 4.92. The molecule has 0 radical (unpaired) electrons. The van der Waals surface area contributed by atoms with Crippen LogP contribution in [0.4, 0.5) is 0 Å². The molecule has 1 aromatic rings. The Labute approximate surface area is 96.6 Å². The van der Waals surface area contributed by atoms with Gasteiger partial charge in [-0.25, -0.2) is 4.68 Å². The van der Waals surface area contributed by atoms with Gasteiger partial charge in [-0.2, -0.15) is 0 Å². The molecule has 0 spiro atoms. The van der Waals surface area contributed by atoms with Gasteiger partial charge in [-0.05, 0) is 42.2 Å². The Morgan fingerprint density at radius 1 is 1.50 bits per heavy atom. The molecule has 1 atom stereocenters. The van der Waals surface area contributed by atoms with Gasteiger partial charge >= 0.3 is 0 Å². The summed E-state index contributed by atoms with van der Waals surface area (Å²) in [7, 11) is 0. The summed E-state index contributed by atoms with van der Waals surface area (Å²) in [6, 6.07) is 0.226. The Morgan fingerprint density at radius 3 is 2.81 bits per heavy atom. The number of nitrogens with one attached hydrogen (secondary N) is 1. The fraction of sp³-hybridized carbons (Fsp3) is 0.909. The number of hydrogen-bond donors (Lipinski definition) is 1. The fourth-order valence-corrected chi connectivity index (χ4v) is 2.33. The molecule has 0 aliphatic heterocycles. The molecule has 1 saturated carbocycles. The largest absolute Gasteiger partial charge is 0.308 e. The van der Waals surface area contributed by atoms with Gasteiger partial charge in [0.1, 0.15) is 0 Å². The van der Waals surface area contributed by atoms with Gasteiger partial charge in [-0.3, -0.25) is 0 Å². The lowest BCUT2D eigenvalue weighted by atomic mass is 9.70. The highest BCUT2D eigenvalue weighted by Crippen LogP contribution is 2.41. The van der Waals surface area contributed by atoms with Crippen LogP contribution in [0.1, 0.15) is 51.9 Å². The summed E-state index contributed by atoms with van der Waals surface area (Å²) in [6.45, 7) is 8.41. The molecule has 90 valence electrons. The smallest absolute Gasteiger partial charge is 0.167 e. The number of nitrogens with zero attached hydrogens (tertiary/aromatic N) is 4. The van der Waals surface area contributed by atoms with E-state index in [1.807, 2.05) is 4.68 Å². The van der Waals surface area contributed by atoms with Crippen molar-refractivity contribution in [2.45, 2.75) is 52.6 Å². The first-order chi connectivity index (χ1) is 7.64. The van der Waals surface area contributed by atoms with Crippen LogP contribution in [0.2, 0.25) is 0 Å². The molecule has 1 N–H and O–H groups in total. The molecule has 5 nitrogen and oxygen atoms in total. The first-order valence-electron chi connectivity index (χ1n) is 6.14. The third kappa shape index (κ3) is 2.24. The lowest BCUT2D eigenvalue weighted by Gasteiger charge is -2.38. The predicted molar refractivity (Wildman–Crippen MR) is 61.9 cm³/mol. The van der Waals surface area contributed by atoms with E-state index < -0.39 is 0 Å². The Balaban J connectivity index is 2.06. The molecule has 2 rings (SSSR count). The lowest BCUT2D eigenvalue weighted by Crippen LogP contribution is -2.33. The van der Waals surface area contributed by atoms with E-state index in [1.54, 1.807) is 0 Å². The summed E-state index contributed by atoms with van der Waals surface area (Å²) in [5.41, 5.74) is 0.413. The Morgan fingerprint density at radius 2 is 2.25 bits per heavy atom. The second-order valence-electron chi connectivity index (χ2n) is 5.14. The average Bonchev–Trinajstić information content (AvgIpc) is 2.64. The number of rotatable bonds is 5. The Bertz CT molecular complexity index is 342. The fourth-order valence-electron chi connectivity index (χ4n) is 2.33. The highest BCUT2D eigenvalue weighted by atomic mass is 15.5. The molecular weight excluding hydrogens is 202 g/mol. The molecule has 16 heavy (non-hydrogen) atoms. The standard InChI is InChI=1S/C11H21N5/c1-4-12-9(2)10-13-14-15-16(10)8-11(3)6-5-7-11/h9,12H,4-8H2,1-3H3. The Hall–Kier alpha value is -0.970. The van der Waals surface area contributed by atoms with Crippen LogP contribution in [0.5, 0.6) is 0 Å². The van der Waals surface area contributed by atoms with Gasteiger partial charge in [0.25, 0.3) is 0 Å². The summed E-state index contributed by atoms with van der Waals surface area (Å²) in [6.07, 6.45) is 3.93. The zero-order chi connectivity index (χ0) is 11.6. The van der Waals surface area contributed by atoms with Crippen molar-refractivity contribution in [1.82, 2.24) is 25.5 Å². The van der Waals surface area contributed by atoms with Crippen LogP contribution in [-0.2, 0) is 6.54 Å². The van der Waals surface area contributed by atoms with Crippen molar-refractivity contribution < 1.29 is 0 Å². The summed E-state index contributed by atoms with van der Waals surface area (Å²) < 4.78 is 1.96. The number of hydrogen-bond acceptors (Lipinski definition) is 4. The van der Waals surface area contributed by atoms with Crippen molar-refractivity contribution >= 4 is 0 Å². The second-order valence-corrected chi connectivity index (χ2v) is 5.14. The zero-order valence-corrected chi connectivity index (χ0v) is 10.4. The van der Waals surface area contributed by atoms with E-state index in [1.165, 1.54) is 19.3 Å². The van der Waals surface area contributed by atoms with Crippen LogP contribution in [0.15, 0.2) is 0 Å². The van der Waals surface area contributed by atoms with E-state index in [2.05, 4.69) is 41.6 Å². The third-order valence-electron chi connectivity index (χ3n) is 3.55. The van der Waals surface area contributed by atoms with E-state index in [9.17, 15) is 0 Å². The molecule has 1 fully saturated rings. The summed E-state index contributed by atoms with van der Waals surface area (Å²) in [4.78, 5) is 0. The van der Waals surface area contributed by atoms with E-state index in [0.717, 1.165) is 18.9 Å². The molecule has 5 heteroatoms. The SMILES string of the molecule is CCNC(C)c1nnnn1CC1(C)CCC1. The molecular formula is C11H21N5.